The van der Waals surface area contributed by atoms with Gasteiger partial charge in [0, 0.05) is 29.5 Å². The highest BCUT2D eigenvalue weighted by Gasteiger charge is 2.55. The first-order chi connectivity index (χ1) is 12.7. The summed E-state index contributed by atoms with van der Waals surface area (Å²) in [4.78, 5) is 24.6. The van der Waals surface area contributed by atoms with E-state index < -0.39 is 23.6 Å². The number of carbonyl (C=O) groups is 2. The topological polar surface area (TPSA) is 55.8 Å². The fourth-order valence-corrected chi connectivity index (χ4v) is 4.72. The standard InChI is InChI=1S/C18H15BrF3NO4/c1-26-12-7-11(19)10-8-23(16(25)18(20,21)22)5-4-17-3-2-9(24)6-13(17)27-15(12)14(10)17/h2-3,7,13H,4-6,8H2,1H3. The van der Waals surface area contributed by atoms with Crippen LogP contribution in [0, 0.1) is 0 Å². The summed E-state index contributed by atoms with van der Waals surface area (Å²) >= 11 is 3.40. The van der Waals surface area contributed by atoms with Gasteiger partial charge in [-0.25, -0.2) is 0 Å². The summed E-state index contributed by atoms with van der Waals surface area (Å²) in [7, 11) is 1.47. The summed E-state index contributed by atoms with van der Waals surface area (Å²) in [6.07, 6.45) is -1.97. The molecule has 3 aliphatic rings. The molecule has 2 unspecified atom stereocenters. The zero-order valence-electron chi connectivity index (χ0n) is 14.2. The van der Waals surface area contributed by atoms with Crippen molar-refractivity contribution in [1.29, 1.82) is 0 Å². The van der Waals surface area contributed by atoms with Gasteiger partial charge in [0.1, 0.15) is 6.10 Å². The van der Waals surface area contributed by atoms with Crippen molar-refractivity contribution in [3.05, 3.63) is 33.8 Å². The van der Waals surface area contributed by atoms with E-state index in [2.05, 4.69) is 15.9 Å². The van der Waals surface area contributed by atoms with Gasteiger partial charge in [-0.1, -0.05) is 22.0 Å². The maximum absolute atomic E-state index is 13.0. The number of rotatable bonds is 1. The van der Waals surface area contributed by atoms with Crippen LogP contribution in [0.5, 0.6) is 11.5 Å². The quantitative estimate of drug-likeness (QED) is 0.665. The molecule has 27 heavy (non-hydrogen) atoms. The number of allylic oxidation sites excluding steroid dienone is 1. The first-order valence-corrected chi connectivity index (χ1v) is 9.11. The number of ketones is 1. The van der Waals surface area contributed by atoms with Gasteiger partial charge in [0.05, 0.1) is 12.5 Å². The molecule has 4 rings (SSSR count). The molecule has 0 bridgehead atoms. The average molecular weight is 446 g/mol. The van der Waals surface area contributed by atoms with Crippen LogP contribution >= 0.6 is 15.9 Å². The van der Waals surface area contributed by atoms with Crippen LogP contribution in [-0.4, -0.2) is 42.5 Å². The van der Waals surface area contributed by atoms with E-state index in [0.29, 0.717) is 27.1 Å². The van der Waals surface area contributed by atoms with E-state index in [0.717, 1.165) is 4.90 Å². The average Bonchev–Trinajstić information content (AvgIpc) is 2.82. The minimum atomic E-state index is -4.95. The summed E-state index contributed by atoms with van der Waals surface area (Å²) in [6.45, 7) is -0.301. The van der Waals surface area contributed by atoms with Gasteiger partial charge in [0.2, 0.25) is 0 Å². The SMILES string of the molecule is COc1cc(Br)c2c3c1OC1CC(=O)C=CC31CCN(C(=O)C(F)(F)F)C2. The Morgan fingerprint density at radius 2 is 2.19 bits per heavy atom. The lowest BCUT2D eigenvalue weighted by molar-refractivity contribution is -0.186. The molecule has 1 amide bonds. The predicted molar refractivity (Wildman–Crippen MR) is 91.6 cm³/mol. The predicted octanol–water partition coefficient (Wildman–Crippen LogP) is 3.28. The fraction of sp³-hybridized carbons (Fsp3) is 0.444. The monoisotopic (exact) mass is 445 g/mol. The summed E-state index contributed by atoms with van der Waals surface area (Å²) in [5, 5.41) is 0. The third-order valence-corrected chi connectivity index (χ3v) is 6.15. The van der Waals surface area contributed by atoms with Crippen LogP contribution in [0.25, 0.3) is 0 Å². The van der Waals surface area contributed by atoms with Crippen LogP contribution in [0.15, 0.2) is 22.7 Å². The molecule has 1 aromatic carbocycles. The molecule has 0 saturated carbocycles. The van der Waals surface area contributed by atoms with E-state index in [4.69, 9.17) is 9.47 Å². The molecule has 1 aromatic rings. The lowest BCUT2D eigenvalue weighted by Gasteiger charge is -2.33. The fourth-order valence-electron chi connectivity index (χ4n) is 4.19. The Morgan fingerprint density at radius 3 is 2.85 bits per heavy atom. The van der Waals surface area contributed by atoms with Gasteiger partial charge in [0.15, 0.2) is 17.3 Å². The van der Waals surface area contributed by atoms with Gasteiger partial charge in [-0.2, -0.15) is 13.2 Å². The molecule has 0 N–H and O–H groups in total. The van der Waals surface area contributed by atoms with E-state index in [-0.39, 0.29) is 31.7 Å². The highest BCUT2D eigenvalue weighted by atomic mass is 79.9. The Kier molecular flexibility index (Phi) is 4.06. The highest BCUT2D eigenvalue weighted by Crippen LogP contribution is 2.57. The van der Waals surface area contributed by atoms with Crippen molar-refractivity contribution in [3.63, 3.8) is 0 Å². The number of ether oxygens (including phenoxy) is 2. The summed E-state index contributed by atoms with van der Waals surface area (Å²) in [5.41, 5.74) is 0.471. The number of amides is 1. The lowest BCUT2D eigenvalue weighted by atomic mass is 9.69. The molecule has 0 aromatic heterocycles. The van der Waals surface area contributed by atoms with Crippen LogP contribution < -0.4 is 9.47 Å². The van der Waals surface area contributed by atoms with E-state index >= 15 is 0 Å². The molecule has 1 aliphatic carbocycles. The minimum absolute atomic E-state index is 0.0976. The van der Waals surface area contributed by atoms with E-state index in [1.54, 1.807) is 12.1 Å². The van der Waals surface area contributed by atoms with Gasteiger partial charge < -0.3 is 14.4 Å². The number of nitrogens with zero attached hydrogens (tertiary/aromatic N) is 1. The Morgan fingerprint density at radius 1 is 1.44 bits per heavy atom. The zero-order valence-corrected chi connectivity index (χ0v) is 15.8. The number of alkyl halides is 3. The second-order valence-electron chi connectivity index (χ2n) is 6.87. The van der Waals surface area contributed by atoms with Crippen molar-refractivity contribution >= 4 is 27.6 Å². The van der Waals surface area contributed by atoms with Crippen molar-refractivity contribution in [2.45, 2.75) is 37.1 Å². The second-order valence-corrected chi connectivity index (χ2v) is 7.72. The van der Waals surface area contributed by atoms with E-state index in [1.807, 2.05) is 0 Å². The number of benzene rings is 1. The summed E-state index contributed by atoms with van der Waals surface area (Å²) in [6, 6.07) is 1.62. The largest absolute Gasteiger partial charge is 0.493 e. The smallest absolute Gasteiger partial charge is 0.471 e. The maximum Gasteiger partial charge on any atom is 0.471 e. The third kappa shape index (κ3) is 2.66. The highest BCUT2D eigenvalue weighted by molar-refractivity contribution is 9.10. The Balaban J connectivity index is 1.91. The van der Waals surface area contributed by atoms with Crippen molar-refractivity contribution in [3.8, 4) is 11.5 Å². The maximum atomic E-state index is 13.0. The van der Waals surface area contributed by atoms with Gasteiger partial charge in [-0.05, 0) is 24.1 Å². The third-order valence-electron chi connectivity index (χ3n) is 5.45. The van der Waals surface area contributed by atoms with Gasteiger partial charge in [0.25, 0.3) is 0 Å². The molecule has 0 saturated heterocycles. The van der Waals surface area contributed by atoms with Crippen molar-refractivity contribution in [2.24, 2.45) is 0 Å². The first-order valence-electron chi connectivity index (χ1n) is 8.32. The molecule has 1 spiro atoms. The van der Waals surface area contributed by atoms with Crippen LogP contribution in [0.1, 0.15) is 24.0 Å². The normalized spacial score (nSPS) is 26.2. The summed E-state index contributed by atoms with van der Waals surface area (Å²) in [5.74, 6) is -1.11. The van der Waals surface area contributed by atoms with Gasteiger partial charge in [-0.15, -0.1) is 0 Å². The zero-order chi connectivity index (χ0) is 19.6. The Hall–Kier alpha value is -2.03. The molecule has 2 aliphatic heterocycles. The first kappa shape index (κ1) is 18.3. The van der Waals surface area contributed by atoms with Crippen molar-refractivity contribution in [1.82, 2.24) is 4.90 Å². The molecule has 2 heterocycles. The molecule has 144 valence electrons. The molecule has 2 atom stereocenters. The number of carbonyl (C=O) groups excluding carboxylic acids is 2. The Bertz CT molecular complexity index is 882. The van der Waals surface area contributed by atoms with E-state index in [1.165, 1.54) is 13.2 Å². The number of hydrogen-bond donors (Lipinski definition) is 0. The molecule has 5 nitrogen and oxygen atoms in total. The summed E-state index contributed by atoms with van der Waals surface area (Å²) < 4.78 is 51.1. The number of methoxy groups -OCH3 is 1. The molecule has 0 fully saturated rings. The van der Waals surface area contributed by atoms with Crippen molar-refractivity contribution in [2.75, 3.05) is 13.7 Å². The van der Waals surface area contributed by atoms with Crippen LogP contribution in [0.3, 0.4) is 0 Å². The van der Waals surface area contributed by atoms with Crippen LogP contribution in [0.4, 0.5) is 13.2 Å². The van der Waals surface area contributed by atoms with Gasteiger partial charge >= 0.3 is 12.1 Å². The number of halogens is 4. The second kappa shape index (κ2) is 5.98. The van der Waals surface area contributed by atoms with Crippen LogP contribution in [-0.2, 0) is 21.5 Å². The lowest BCUT2D eigenvalue weighted by Crippen LogP contribution is -2.44. The molecule has 0 radical (unpaired) electrons. The molecular formula is C18H15BrF3NO4. The minimum Gasteiger partial charge on any atom is -0.493 e. The van der Waals surface area contributed by atoms with Gasteiger partial charge in [-0.3, -0.25) is 9.59 Å². The van der Waals surface area contributed by atoms with E-state index in [9.17, 15) is 22.8 Å². The number of hydrogen-bond acceptors (Lipinski definition) is 4. The molecular weight excluding hydrogens is 431 g/mol. The Labute approximate surface area is 161 Å². The van der Waals surface area contributed by atoms with Crippen molar-refractivity contribution < 1.29 is 32.2 Å². The molecule has 9 heteroatoms. The van der Waals surface area contributed by atoms with Crippen LogP contribution in [0.2, 0.25) is 0 Å².